The summed E-state index contributed by atoms with van der Waals surface area (Å²) >= 11 is 0. The number of amides is 1. The molecular formula is C29H34N2O3. The number of benzene rings is 2. The molecule has 1 amide bonds. The lowest BCUT2D eigenvalue weighted by atomic mass is 9.73. The molecule has 3 heterocycles. The topological polar surface area (TPSA) is 51.7 Å². The zero-order valence-electron chi connectivity index (χ0n) is 20.0. The Balaban J connectivity index is 1.29. The molecule has 1 aromatic heterocycles. The molecule has 0 bridgehead atoms. The second-order valence-electron chi connectivity index (χ2n) is 9.75. The Morgan fingerprint density at radius 3 is 2.68 bits per heavy atom. The minimum absolute atomic E-state index is 0.272. The van der Waals surface area contributed by atoms with Crippen molar-refractivity contribution in [2.75, 3.05) is 33.4 Å². The van der Waals surface area contributed by atoms with Crippen LogP contribution >= 0.6 is 0 Å². The van der Waals surface area contributed by atoms with E-state index in [1.165, 1.54) is 10.9 Å². The summed E-state index contributed by atoms with van der Waals surface area (Å²) in [6, 6.07) is 18.6. The molecule has 0 radical (unpaired) electrons. The molecule has 2 aliphatic rings. The Morgan fingerprint density at radius 2 is 1.88 bits per heavy atom. The molecule has 2 saturated heterocycles. The van der Waals surface area contributed by atoms with E-state index in [-0.39, 0.29) is 5.91 Å². The van der Waals surface area contributed by atoms with E-state index in [0.29, 0.717) is 19.1 Å². The summed E-state index contributed by atoms with van der Waals surface area (Å²) in [6.07, 6.45) is 7.76. The molecule has 0 spiro atoms. The normalized spacial score (nSPS) is 20.6. The largest absolute Gasteiger partial charge is 0.497 e. The van der Waals surface area contributed by atoms with Gasteiger partial charge in [0.2, 0.25) is 5.91 Å². The molecular weight excluding hydrogens is 424 g/mol. The van der Waals surface area contributed by atoms with Crippen LogP contribution in [0.25, 0.3) is 10.9 Å². The Hall–Kier alpha value is -2.92. The Morgan fingerprint density at radius 1 is 1.09 bits per heavy atom. The number of carbonyl (C=O) groups is 1. The van der Waals surface area contributed by atoms with E-state index in [1.54, 1.807) is 7.11 Å². The number of para-hydroxylation sites is 1. The van der Waals surface area contributed by atoms with Crippen molar-refractivity contribution in [3.63, 3.8) is 0 Å². The second-order valence-corrected chi connectivity index (χ2v) is 9.75. The average Bonchev–Trinajstić information content (AvgIpc) is 3.14. The lowest BCUT2D eigenvalue weighted by Gasteiger charge is -2.40. The van der Waals surface area contributed by atoms with Gasteiger partial charge in [-0.1, -0.05) is 30.3 Å². The third-order valence-electron chi connectivity index (χ3n) is 7.70. The summed E-state index contributed by atoms with van der Waals surface area (Å²) in [5.74, 6) is 1.67. The number of likely N-dealkylation sites (tertiary alicyclic amines) is 1. The number of carbonyl (C=O) groups excluding carboxylic acids is 1. The molecule has 2 aliphatic heterocycles. The summed E-state index contributed by atoms with van der Waals surface area (Å²) in [5.41, 5.74) is 2.93. The van der Waals surface area contributed by atoms with Crippen molar-refractivity contribution in [1.82, 2.24) is 9.88 Å². The molecule has 5 heteroatoms. The first kappa shape index (κ1) is 22.9. The summed E-state index contributed by atoms with van der Waals surface area (Å²) in [7, 11) is 1.67. The van der Waals surface area contributed by atoms with E-state index in [0.717, 1.165) is 68.4 Å². The third-order valence-corrected chi connectivity index (χ3v) is 7.70. The van der Waals surface area contributed by atoms with Crippen LogP contribution in [0.1, 0.15) is 43.2 Å². The fourth-order valence-corrected chi connectivity index (χ4v) is 5.69. The summed E-state index contributed by atoms with van der Waals surface area (Å²) in [5, 5.41) is 1.20. The van der Waals surface area contributed by atoms with Crippen molar-refractivity contribution < 1.29 is 14.3 Å². The molecule has 5 rings (SSSR count). The fourth-order valence-electron chi connectivity index (χ4n) is 5.69. The maximum absolute atomic E-state index is 14.0. The smallest absolute Gasteiger partial charge is 0.233 e. The number of hydrogen-bond donors (Lipinski definition) is 0. The van der Waals surface area contributed by atoms with Crippen LogP contribution in [0, 0.1) is 5.92 Å². The Bertz CT molecular complexity index is 1120. The van der Waals surface area contributed by atoms with Crippen LogP contribution in [0.4, 0.5) is 0 Å². The second kappa shape index (κ2) is 10.1. The first-order chi connectivity index (χ1) is 16.7. The van der Waals surface area contributed by atoms with Gasteiger partial charge in [-0.3, -0.25) is 9.78 Å². The number of pyridine rings is 1. The molecule has 5 nitrogen and oxygen atoms in total. The summed E-state index contributed by atoms with van der Waals surface area (Å²) in [4.78, 5) is 20.8. The summed E-state index contributed by atoms with van der Waals surface area (Å²) in [6.45, 7) is 2.92. The molecule has 2 fully saturated rings. The van der Waals surface area contributed by atoms with Gasteiger partial charge >= 0.3 is 0 Å². The molecule has 1 unspecified atom stereocenters. The minimum Gasteiger partial charge on any atom is -0.497 e. The first-order valence-corrected chi connectivity index (χ1v) is 12.5. The van der Waals surface area contributed by atoms with Crippen LogP contribution in [-0.2, 0) is 21.4 Å². The van der Waals surface area contributed by atoms with Crippen LogP contribution < -0.4 is 4.74 Å². The zero-order valence-corrected chi connectivity index (χ0v) is 20.0. The van der Waals surface area contributed by atoms with Crippen molar-refractivity contribution in [3.8, 4) is 5.75 Å². The van der Waals surface area contributed by atoms with E-state index in [9.17, 15) is 4.79 Å². The predicted octanol–water partition coefficient (Wildman–Crippen LogP) is 5.16. The summed E-state index contributed by atoms with van der Waals surface area (Å²) < 4.78 is 11.0. The van der Waals surface area contributed by atoms with Gasteiger partial charge in [-0.05, 0) is 79.8 Å². The van der Waals surface area contributed by atoms with Crippen LogP contribution in [0.15, 0.2) is 60.8 Å². The highest BCUT2D eigenvalue weighted by atomic mass is 16.5. The van der Waals surface area contributed by atoms with Crippen molar-refractivity contribution in [1.29, 1.82) is 0 Å². The number of hydrogen-bond acceptors (Lipinski definition) is 4. The van der Waals surface area contributed by atoms with Gasteiger partial charge in [0.15, 0.2) is 0 Å². The number of aromatic nitrogens is 1. The van der Waals surface area contributed by atoms with Gasteiger partial charge in [0, 0.05) is 37.9 Å². The maximum Gasteiger partial charge on any atom is 0.233 e. The first-order valence-electron chi connectivity index (χ1n) is 12.5. The number of nitrogens with zero attached hydrogens (tertiary/aromatic N) is 2. The Labute approximate surface area is 202 Å². The molecule has 3 aromatic rings. The highest BCUT2D eigenvalue weighted by Gasteiger charge is 2.44. The lowest BCUT2D eigenvalue weighted by Crippen LogP contribution is -2.50. The average molecular weight is 459 g/mol. The predicted molar refractivity (Wildman–Crippen MR) is 134 cm³/mol. The van der Waals surface area contributed by atoms with Crippen molar-refractivity contribution in [2.24, 2.45) is 5.92 Å². The maximum atomic E-state index is 14.0. The van der Waals surface area contributed by atoms with E-state index >= 15 is 0 Å². The van der Waals surface area contributed by atoms with Crippen molar-refractivity contribution >= 4 is 16.8 Å². The fraction of sp³-hybridized carbons (Fsp3) is 0.448. The number of fused-ring (bicyclic) bond motifs is 1. The van der Waals surface area contributed by atoms with Gasteiger partial charge in [0.05, 0.1) is 18.0 Å². The van der Waals surface area contributed by atoms with Gasteiger partial charge in [-0.25, -0.2) is 0 Å². The van der Waals surface area contributed by atoms with E-state index in [4.69, 9.17) is 9.47 Å². The number of ether oxygens (including phenoxy) is 2. The minimum atomic E-state index is -0.493. The highest BCUT2D eigenvalue weighted by Crippen LogP contribution is 2.38. The van der Waals surface area contributed by atoms with Gasteiger partial charge in [0.25, 0.3) is 0 Å². The van der Waals surface area contributed by atoms with E-state index in [2.05, 4.69) is 46.3 Å². The van der Waals surface area contributed by atoms with Crippen LogP contribution in [0.5, 0.6) is 5.75 Å². The van der Waals surface area contributed by atoms with Gasteiger partial charge < -0.3 is 14.4 Å². The van der Waals surface area contributed by atoms with Crippen molar-refractivity contribution in [3.05, 3.63) is 71.9 Å². The molecule has 0 N–H and O–H groups in total. The molecule has 0 aliphatic carbocycles. The van der Waals surface area contributed by atoms with Gasteiger partial charge in [0.1, 0.15) is 5.75 Å². The highest BCUT2D eigenvalue weighted by molar-refractivity contribution is 5.88. The molecule has 0 saturated carbocycles. The van der Waals surface area contributed by atoms with Crippen LogP contribution in [-0.4, -0.2) is 49.2 Å². The monoisotopic (exact) mass is 458 g/mol. The SMILES string of the molecule is COc1ccc(C2(C(=O)N3CCCC(Cc4cnc5ccccc5c4)CC3)CCOCC2)cc1. The third kappa shape index (κ3) is 4.67. The zero-order chi connectivity index (χ0) is 23.4. The van der Waals surface area contributed by atoms with E-state index in [1.807, 2.05) is 24.4 Å². The molecule has 178 valence electrons. The molecule has 34 heavy (non-hydrogen) atoms. The van der Waals surface area contributed by atoms with Gasteiger partial charge in [-0.15, -0.1) is 0 Å². The van der Waals surface area contributed by atoms with Gasteiger partial charge in [-0.2, -0.15) is 0 Å². The number of methoxy groups -OCH3 is 1. The molecule has 2 aromatic carbocycles. The Kier molecular flexibility index (Phi) is 6.82. The quantitative estimate of drug-likeness (QED) is 0.530. The lowest BCUT2D eigenvalue weighted by molar-refractivity contribution is -0.141. The molecule has 1 atom stereocenters. The van der Waals surface area contributed by atoms with E-state index < -0.39 is 5.41 Å². The van der Waals surface area contributed by atoms with Crippen LogP contribution in [0.3, 0.4) is 0 Å². The standard InChI is InChI=1S/C29H34N2O3/c1-33-26-10-8-25(9-11-26)29(13-17-34-18-14-29)28(32)31-15-4-5-22(12-16-31)19-23-20-24-6-2-3-7-27(24)30-21-23/h2-3,6-11,20-22H,4-5,12-19H2,1H3. The number of rotatable bonds is 5. The van der Waals surface area contributed by atoms with Crippen molar-refractivity contribution in [2.45, 2.75) is 43.9 Å². The van der Waals surface area contributed by atoms with Crippen LogP contribution in [0.2, 0.25) is 0 Å².